The predicted molar refractivity (Wildman–Crippen MR) is 121 cm³/mol. The van der Waals surface area contributed by atoms with Gasteiger partial charge in [0.05, 0.1) is 28.8 Å². The number of carbonyl (C=O) groups excluding carboxylic acids is 1. The van der Waals surface area contributed by atoms with Crippen LogP contribution in [0.2, 0.25) is 0 Å². The zero-order chi connectivity index (χ0) is 23.2. The van der Waals surface area contributed by atoms with E-state index in [4.69, 9.17) is 5.73 Å². The molecule has 0 spiro atoms. The van der Waals surface area contributed by atoms with Crippen LogP contribution in [0.4, 0.5) is 18.9 Å². The average molecular weight is 522 g/mol. The summed E-state index contributed by atoms with van der Waals surface area (Å²) in [7, 11) is 0. The molecule has 1 aliphatic carbocycles. The molecule has 166 valence electrons. The SMILES string of the molecule is CCc1sc(C2C(C#N)=C(N)N(c3ccccc3C(F)(F)F)C3=C2C(=O)CCC3)cc1Br. The number of aryl methyl sites for hydroxylation is 1. The number of benzene rings is 1. The van der Waals surface area contributed by atoms with Crippen LogP contribution in [-0.4, -0.2) is 5.78 Å². The first-order valence-corrected chi connectivity index (χ1v) is 11.7. The Hall–Kier alpha value is -2.57. The zero-order valence-corrected chi connectivity index (χ0v) is 19.5. The lowest BCUT2D eigenvalue weighted by atomic mass is 9.78. The molecule has 0 radical (unpaired) electrons. The molecule has 0 saturated carbocycles. The van der Waals surface area contributed by atoms with Gasteiger partial charge in [-0.05, 0) is 53.4 Å². The summed E-state index contributed by atoms with van der Waals surface area (Å²) in [5.74, 6) is -0.905. The van der Waals surface area contributed by atoms with E-state index in [0.717, 1.165) is 26.7 Å². The lowest BCUT2D eigenvalue weighted by Gasteiger charge is -2.40. The highest BCUT2D eigenvalue weighted by Crippen LogP contribution is 2.50. The number of Topliss-reactive ketones (excluding diaryl/α,β-unsaturated/α-hetero) is 1. The Morgan fingerprint density at radius 2 is 2.03 bits per heavy atom. The Bertz CT molecular complexity index is 1210. The third-order valence-electron chi connectivity index (χ3n) is 5.75. The van der Waals surface area contributed by atoms with Gasteiger partial charge in [-0.15, -0.1) is 11.3 Å². The van der Waals surface area contributed by atoms with Crippen LogP contribution in [0.3, 0.4) is 0 Å². The maximum Gasteiger partial charge on any atom is 0.418 e. The molecule has 1 unspecified atom stereocenters. The van der Waals surface area contributed by atoms with Gasteiger partial charge in [0, 0.05) is 31.9 Å². The number of nitrogens with zero attached hydrogens (tertiary/aromatic N) is 2. The van der Waals surface area contributed by atoms with E-state index in [-0.39, 0.29) is 29.3 Å². The Morgan fingerprint density at radius 1 is 1.31 bits per heavy atom. The summed E-state index contributed by atoms with van der Waals surface area (Å²) in [5.41, 5.74) is 6.27. The second-order valence-corrected chi connectivity index (χ2v) is 9.63. The van der Waals surface area contributed by atoms with Gasteiger partial charge in [-0.3, -0.25) is 9.69 Å². The Kier molecular flexibility index (Phi) is 5.94. The molecule has 9 heteroatoms. The molecule has 2 N–H and O–H groups in total. The van der Waals surface area contributed by atoms with Gasteiger partial charge < -0.3 is 5.73 Å². The molecule has 0 saturated heterocycles. The van der Waals surface area contributed by atoms with Crippen molar-refractivity contribution in [2.45, 2.75) is 44.7 Å². The fraction of sp³-hybridized carbons (Fsp3) is 0.304. The number of carbonyl (C=O) groups is 1. The third kappa shape index (κ3) is 3.65. The molecular formula is C23H19BrF3N3OS. The molecule has 2 aromatic rings. The summed E-state index contributed by atoms with van der Waals surface area (Å²) in [5, 5.41) is 10.0. The molecule has 0 fully saturated rings. The van der Waals surface area contributed by atoms with Crippen LogP contribution in [0.1, 0.15) is 47.4 Å². The molecule has 32 heavy (non-hydrogen) atoms. The van der Waals surface area contributed by atoms with Crippen molar-refractivity contribution in [3.05, 3.63) is 72.8 Å². The normalized spacial score (nSPS) is 19.3. The first-order chi connectivity index (χ1) is 15.2. The van der Waals surface area contributed by atoms with Gasteiger partial charge in [0.2, 0.25) is 0 Å². The molecule has 0 amide bonds. The number of thiophene rings is 1. The summed E-state index contributed by atoms with van der Waals surface area (Å²) in [6, 6.07) is 9.08. The van der Waals surface area contributed by atoms with E-state index in [9.17, 15) is 23.2 Å². The topological polar surface area (TPSA) is 70.1 Å². The predicted octanol–water partition coefficient (Wildman–Crippen LogP) is 6.40. The minimum absolute atomic E-state index is 0.0646. The maximum absolute atomic E-state index is 13.8. The number of hydrogen-bond donors (Lipinski definition) is 1. The Labute approximate surface area is 196 Å². The standard InChI is InChI=1S/C23H19BrF3N3OS/c1-2-18-14(24)10-19(32-18)20-12(11-28)22(29)30(16-8-5-9-17(31)21(16)20)15-7-4-3-6-13(15)23(25,26)27/h3-4,6-7,10,20H,2,5,8-9,29H2,1H3. The molecular weight excluding hydrogens is 503 g/mol. The van der Waals surface area contributed by atoms with Gasteiger partial charge >= 0.3 is 6.18 Å². The van der Waals surface area contributed by atoms with Crippen molar-refractivity contribution >= 4 is 38.7 Å². The van der Waals surface area contributed by atoms with Gasteiger partial charge in [-0.25, -0.2) is 0 Å². The lowest BCUT2D eigenvalue weighted by molar-refractivity contribution is -0.137. The van der Waals surface area contributed by atoms with Crippen LogP contribution in [-0.2, 0) is 17.4 Å². The van der Waals surface area contributed by atoms with Crippen LogP contribution in [0.25, 0.3) is 0 Å². The zero-order valence-electron chi connectivity index (χ0n) is 17.1. The number of allylic oxidation sites excluding steroid dienone is 3. The minimum Gasteiger partial charge on any atom is -0.384 e. The second-order valence-electron chi connectivity index (χ2n) is 7.60. The van der Waals surface area contributed by atoms with Gasteiger partial charge in [-0.1, -0.05) is 19.1 Å². The number of para-hydroxylation sites is 1. The van der Waals surface area contributed by atoms with Crippen molar-refractivity contribution in [1.29, 1.82) is 5.26 Å². The van der Waals surface area contributed by atoms with Crippen molar-refractivity contribution < 1.29 is 18.0 Å². The molecule has 1 aromatic heterocycles. The summed E-state index contributed by atoms with van der Waals surface area (Å²) in [6.45, 7) is 2.00. The second kappa shape index (κ2) is 8.41. The third-order valence-corrected chi connectivity index (χ3v) is 8.06. The number of alkyl halides is 3. The quantitative estimate of drug-likeness (QED) is 0.507. The lowest BCUT2D eigenvalue weighted by Crippen LogP contribution is -2.39. The Morgan fingerprint density at radius 3 is 2.66 bits per heavy atom. The number of nitrogens with two attached hydrogens (primary N) is 1. The number of halogens is 4. The summed E-state index contributed by atoms with van der Waals surface area (Å²) in [6.07, 6.45) is -2.65. The van der Waals surface area contributed by atoms with Gasteiger partial charge in [0.1, 0.15) is 5.82 Å². The number of ketones is 1. The number of nitriles is 1. The van der Waals surface area contributed by atoms with Gasteiger partial charge in [-0.2, -0.15) is 18.4 Å². The highest BCUT2D eigenvalue weighted by Gasteiger charge is 2.43. The van der Waals surface area contributed by atoms with Crippen LogP contribution >= 0.6 is 27.3 Å². The maximum atomic E-state index is 13.8. The van der Waals surface area contributed by atoms with Gasteiger partial charge in [0.25, 0.3) is 0 Å². The molecule has 2 heterocycles. The fourth-order valence-corrected chi connectivity index (χ4v) is 6.40. The molecule has 1 aromatic carbocycles. The van der Waals surface area contributed by atoms with Gasteiger partial charge in [0.15, 0.2) is 5.78 Å². The average Bonchev–Trinajstić information content (AvgIpc) is 3.13. The molecule has 1 aliphatic heterocycles. The van der Waals surface area contributed by atoms with Crippen LogP contribution in [0.5, 0.6) is 0 Å². The van der Waals surface area contributed by atoms with Crippen molar-refractivity contribution in [3.63, 3.8) is 0 Å². The summed E-state index contributed by atoms with van der Waals surface area (Å²) >= 11 is 5.00. The van der Waals surface area contributed by atoms with Crippen LogP contribution in [0, 0.1) is 11.3 Å². The minimum atomic E-state index is -4.62. The number of rotatable bonds is 3. The first kappa shape index (κ1) is 22.6. The van der Waals surface area contributed by atoms with E-state index in [2.05, 4.69) is 22.0 Å². The molecule has 4 nitrogen and oxygen atoms in total. The van der Waals surface area contributed by atoms with E-state index in [1.54, 1.807) is 0 Å². The monoisotopic (exact) mass is 521 g/mol. The molecule has 4 rings (SSSR count). The number of hydrogen-bond acceptors (Lipinski definition) is 5. The highest BCUT2D eigenvalue weighted by atomic mass is 79.9. The molecule has 0 bridgehead atoms. The first-order valence-electron chi connectivity index (χ1n) is 10.1. The smallest absolute Gasteiger partial charge is 0.384 e. The van der Waals surface area contributed by atoms with E-state index >= 15 is 0 Å². The van der Waals surface area contributed by atoms with Crippen LogP contribution in [0.15, 0.2) is 57.5 Å². The van der Waals surface area contributed by atoms with Crippen LogP contribution < -0.4 is 10.6 Å². The van der Waals surface area contributed by atoms with E-state index in [1.807, 2.05) is 13.0 Å². The Balaban J connectivity index is 2.00. The number of anilines is 1. The fourth-order valence-electron chi connectivity index (χ4n) is 4.36. The summed E-state index contributed by atoms with van der Waals surface area (Å²) in [4.78, 5) is 16.2. The van der Waals surface area contributed by atoms with Crippen molar-refractivity contribution in [1.82, 2.24) is 0 Å². The highest BCUT2D eigenvalue weighted by molar-refractivity contribution is 9.10. The van der Waals surface area contributed by atoms with E-state index in [1.165, 1.54) is 34.4 Å². The largest absolute Gasteiger partial charge is 0.418 e. The molecule has 1 atom stereocenters. The summed E-state index contributed by atoms with van der Waals surface area (Å²) < 4.78 is 42.3. The molecule has 2 aliphatic rings. The van der Waals surface area contributed by atoms with E-state index in [0.29, 0.717) is 24.1 Å². The van der Waals surface area contributed by atoms with Crippen molar-refractivity contribution in [2.24, 2.45) is 5.73 Å². The van der Waals surface area contributed by atoms with Crippen molar-refractivity contribution in [2.75, 3.05) is 4.90 Å². The van der Waals surface area contributed by atoms with E-state index < -0.39 is 17.7 Å². The van der Waals surface area contributed by atoms with Crippen molar-refractivity contribution in [3.8, 4) is 6.07 Å².